The van der Waals surface area contributed by atoms with Crippen molar-refractivity contribution in [2.75, 3.05) is 0 Å². The standard InChI is InChI=1S/C19H19N3O/c1-14(15-6-4-3-5-7-15)21-19(23)18-12-17(13-22(18)2)16-8-10-20-11-9-16/h3-14H,1-2H3,(H,21,23)/t14-/m1/s1. The monoisotopic (exact) mass is 305 g/mol. The Bertz CT molecular complexity index is 794. The Hall–Kier alpha value is -2.88. The first-order valence-corrected chi connectivity index (χ1v) is 7.57. The van der Waals surface area contributed by atoms with Gasteiger partial charge in [-0.3, -0.25) is 9.78 Å². The highest BCUT2D eigenvalue weighted by atomic mass is 16.2. The Balaban J connectivity index is 1.79. The van der Waals surface area contributed by atoms with Gasteiger partial charge in [-0.05, 0) is 36.2 Å². The first-order valence-electron chi connectivity index (χ1n) is 7.57. The molecule has 1 atom stereocenters. The number of rotatable bonds is 4. The fourth-order valence-electron chi connectivity index (χ4n) is 2.59. The van der Waals surface area contributed by atoms with Crippen molar-refractivity contribution < 1.29 is 4.79 Å². The van der Waals surface area contributed by atoms with Gasteiger partial charge in [-0.1, -0.05) is 30.3 Å². The van der Waals surface area contributed by atoms with Gasteiger partial charge in [0.05, 0.1) is 6.04 Å². The molecule has 0 unspecified atom stereocenters. The van der Waals surface area contributed by atoms with Crippen LogP contribution < -0.4 is 5.32 Å². The zero-order chi connectivity index (χ0) is 16.2. The van der Waals surface area contributed by atoms with Crippen molar-refractivity contribution in [2.45, 2.75) is 13.0 Å². The van der Waals surface area contributed by atoms with Crippen LogP contribution >= 0.6 is 0 Å². The second-order valence-electron chi connectivity index (χ2n) is 5.57. The van der Waals surface area contributed by atoms with Gasteiger partial charge in [0.2, 0.25) is 0 Å². The molecule has 1 aromatic carbocycles. The van der Waals surface area contributed by atoms with Crippen molar-refractivity contribution >= 4 is 5.91 Å². The summed E-state index contributed by atoms with van der Waals surface area (Å²) in [5.74, 6) is -0.0795. The van der Waals surface area contributed by atoms with E-state index >= 15 is 0 Å². The van der Waals surface area contributed by atoms with E-state index < -0.39 is 0 Å². The van der Waals surface area contributed by atoms with E-state index in [2.05, 4.69) is 10.3 Å². The summed E-state index contributed by atoms with van der Waals surface area (Å²) in [5, 5.41) is 3.05. The lowest BCUT2D eigenvalue weighted by atomic mass is 10.1. The zero-order valence-corrected chi connectivity index (χ0v) is 13.2. The lowest BCUT2D eigenvalue weighted by molar-refractivity contribution is 0.0931. The summed E-state index contributed by atoms with van der Waals surface area (Å²) in [6, 6.07) is 15.7. The maximum absolute atomic E-state index is 12.5. The van der Waals surface area contributed by atoms with Crippen molar-refractivity contribution in [1.82, 2.24) is 14.9 Å². The SMILES string of the molecule is C[C@@H](NC(=O)c1cc(-c2ccncc2)cn1C)c1ccccc1. The fourth-order valence-corrected chi connectivity index (χ4v) is 2.59. The molecule has 0 fully saturated rings. The summed E-state index contributed by atoms with van der Waals surface area (Å²) < 4.78 is 1.85. The molecular formula is C19H19N3O. The van der Waals surface area contributed by atoms with Crippen molar-refractivity contribution in [2.24, 2.45) is 7.05 Å². The third-order valence-electron chi connectivity index (χ3n) is 3.90. The molecule has 1 amide bonds. The molecule has 4 heteroatoms. The van der Waals surface area contributed by atoms with Gasteiger partial charge in [-0.15, -0.1) is 0 Å². The molecule has 0 aliphatic carbocycles. The normalized spacial score (nSPS) is 11.9. The maximum Gasteiger partial charge on any atom is 0.268 e. The Kier molecular flexibility index (Phi) is 4.24. The summed E-state index contributed by atoms with van der Waals surface area (Å²) in [5.41, 5.74) is 3.78. The number of hydrogen-bond acceptors (Lipinski definition) is 2. The number of carbonyl (C=O) groups is 1. The first kappa shape index (κ1) is 15.0. The highest BCUT2D eigenvalue weighted by molar-refractivity contribution is 5.94. The smallest absolute Gasteiger partial charge is 0.268 e. The van der Waals surface area contributed by atoms with Crippen LogP contribution in [0.2, 0.25) is 0 Å². The average Bonchev–Trinajstić information content (AvgIpc) is 2.98. The van der Waals surface area contributed by atoms with Gasteiger partial charge < -0.3 is 9.88 Å². The van der Waals surface area contributed by atoms with E-state index in [9.17, 15) is 4.79 Å². The molecule has 0 bridgehead atoms. The second kappa shape index (κ2) is 6.48. The van der Waals surface area contributed by atoms with Gasteiger partial charge in [-0.25, -0.2) is 0 Å². The third kappa shape index (κ3) is 3.31. The van der Waals surface area contributed by atoms with Gasteiger partial charge >= 0.3 is 0 Å². The van der Waals surface area contributed by atoms with E-state index in [-0.39, 0.29) is 11.9 Å². The Morgan fingerprint density at radius 1 is 1.09 bits per heavy atom. The van der Waals surface area contributed by atoms with Crippen molar-refractivity contribution in [3.8, 4) is 11.1 Å². The molecular weight excluding hydrogens is 286 g/mol. The summed E-state index contributed by atoms with van der Waals surface area (Å²) in [4.78, 5) is 16.6. The lowest BCUT2D eigenvalue weighted by Gasteiger charge is -2.14. The minimum atomic E-state index is -0.0795. The number of carbonyl (C=O) groups excluding carboxylic acids is 1. The van der Waals surface area contributed by atoms with Crippen LogP contribution in [0.3, 0.4) is 0 Å². The Morgan fingerprint density at radius 3 is 2.48 bits per heavy atom. The minimum Gasteiger partial charge on any atom is -0.346 e. The summed E-state index contributed by atoms with van der Waals surface area (Å²) in [7, 11) is 1.88. The van der Waals surface area contributed by atoms with Crippen molar-refractivity contribution in [1.29, 1.82) is 0 Å². The van der Waals surface area contributed by atoms with Crippen molar-refractivity contribution in [3.05, 3.63) is 78.4 Å². The molecule has 23 heavy (non-hydrogen) atoms. The molecule has 1 N–H and O–H groups in total. The largest absolute Gasteiger partial charge is 0.346 e. The summed E-state index contributed by atoms with van der Waals surface area (Å²) in [6.07, 6.45) is 5.45. The van der Waals surface area contributed by atoms with Crippen LogP contribution in [0.15, 0.2) is 67.1 Å². The van der Waals surface area contributed by atoms with Crippen molar-refractivity contribution in [3.63, 3.8) is 0 Å². The summed E-state index contributed by atoms with van der Waals surface area (Å²) in [6.45, 7) is 1.99. The molecule has 4 nitrogen and oxygen atoms in total. The molecule has 116 valence electrons. The second-order valence-corrected chi connectivity index (χ2v) is 5.57. The number of amides is 1. The van der Waals surface area contributed by atoms with E-state index in [1.54, 1.807) is 12.4 Å². The van der Waals surface area contributed by atoms with E-state index in [1.165, 1.54) is 0 Å². The van der Waals surface area contributed by atoms with E-state index in [1.807, 2.05) is 73.3 Å². The predicted molar refractivity (Wildman–Crippen MR) is 91.0 cm³/mol. The molecule has 0 saturated carbocycles. The number of nitrogens with zero attached hydrogens (tertiary/aromatic N) is 2. The Labute approximate surface area is 135 Å². The molecule has 3 rings (SSSR count). The number of aromatic nitrogens is 2. The van der Waals surface area contributed by atoms with Crippen LogP contribution in [0.25, 0.3) is 11.1 Å². The molecule has 2 heterocycles. The topological polar surface area (TPSA) is 46.9 Å². The van der Waals surface area contributed by atoms with E-state index in [0.29, 0.717) is 5.69 Å². The molecule has 0 spiro atoms. The number of pyridine rings is 1. The number of nitrogens with one attached hydrogen (secondary N) is 1. The summed E-state index contributed by atoms with van der Waals surface area (Å²) >= 11 is 0. The van der Waals surface area contributed by atoms with Crippen LogP contribution in [-0.4, -0.2) is 15.5 Å². The highest BCUT2D eigenvalue weighted by Gasteiger charge is 2.15. The van der Waals surface area contributed by atoms with Crippen LogP contribution in [0.5, 0.6) is 0 Å². The maximum atomic E-state index is 12.5. The molecule has 3 aromatic rings. The minimum absolute atomic E-state index is 0.0389. The zero-order valence-electron chi connectivity index (χ0n) is 13.2. The average molecular weight is 305 g/mol. The molecule has 0 aliphatic rings. The van der Waals surface area contributed by atoms with Gasteiger partial charge in [0.15, 0.2) is 0 Å². The third-order valence-corrected chi connectivity index (χ3v) is 3.90. The van der Waals surface area contributed by atoms with Crippen LogP contribution in [0, 0.1) is 0 Å². The van der Waals surface area contributed by atoms with Gasteiger partial charge in [0.25, 0.3) is 5.91 Å². The quantitative estimate of drug-likeness (QED) is 0.801. The predicted octanol–water partition coefficient (Wildman–Crippen LogP) is 3.58. The number of aryl methyl sites for hydroxylation is 1. The van der Waals surface area contributed by atoms with Crippen LogP contribution in [-0.2, 0) is 7.05 Å². The lowest BCUT2D eigenvalue weighted by Crippen LogP contribution is -2.28. The molecule has 0 saturated heterocycles. The fraction of sp³-hybridized carbons (Fsp3) is 0.158. The van der Waals surface area contributed by atoms with E-state index in [0.717, 1.165) is 16.7 Å². The Morgan fingerprint density at radius 2 is 1.78 bits per heavy atom. The van der Waals surface area contributed by atoms with E-state index in [4.69, 9.17) is 0 Å². The van der Waals surface area contributed by atoms with Gasteiger partial charge in [-0.2, -0.15) is 0 Å². The number of benzene rings is 1. The van der Waals surface area contributed by atoms with Crippen LogP contribution in [0.4, 0.5) is 0 Å². The number of hydrogen-bond donors (Lipinski definition) is 1. The molecule has 0 aliphatic heterocycles. The first-order chi connectivity index (χ1) is 11.1. The van der Waals surface area contributed by atoms with Crippen LogP contribution in [0.1, 0.15) is 29.0 Å². The van der Waals surface area contributed by atoms with Gasteiger partial charge in [0.1, 0.15) is 5.69 Å². The molecule has 2 aromatic heterocycles. The molecule has 0 radical (unpaired) electrons. The highest BCUT2D eigenvalue weighted by Crippen LogP contribution is 2.21. The van der Waals surface area contributed by atoms with Gasteiger partial charge in [0, 0.05) is 31.2 Å².